The third kappa shape index (κ3) is 5.07. The SMILES string of the molecule is Cc1ccc(NC(=O)c2cccc(NC(=O)[C@H]3CC(=O)N(c4ccccc4Cl)C3)c2)c(C)c1. The molecule has 0 bridgehead atoms. The maximum absolute atomic E-state index is 12.8. The van der Waals surface area contributed by atoms with Gasteiger partial charge in [-0.1, -0.05) is 47.5 Å². The lowest BCUT2D eigenvalue weighted by molar-refractivity contribution is -0.122. The summed E-state index contributed by atoms with van der Waals surface area (Å²) >= 11 is 6.22. The van der Waals surface area contributed by atoms with E-state index in [1.165, 1.54) is 0 Å². The molecule has 3 amide bonds. The molecule has 0 radical (unpaired) electrons. The molecule has 1 aliphatic rings. The van der Waals surface area contributed by atoms with Crippen molar-refractivity contribution in [2.45, 2.75) is 20.3 Å². The number of nitrogens with zero attached hydrogens (tertiary/aromatic N) is 1. The summed E-state index contributed by atoms with van der Waals surface area (Å²) in [6.07, 6.45) is 0.101. The van der Waals surface area contributed by atoms with Gasteiger partial charge in [0.15, 0.2) is 0 Å². The second-order valence-electron chi connectivity index (χ2n) is 8.20. The molecule has 1 saturated heterocycles. The maximum atomic E-state index is 12.8. The molecule has 7 heteroatoms. The van der Waals surface area contributed by atoms with Crippen LogP contribution < -0.4 is 15.5 Å². The van der Waals surface area contributed by atoms with E-state index in [2.05, 4.69) is 10.6 Å². The van der Waals surface area contributed by atoms with Gasteiger partial charge in [0.05, 0.1) is 16.6 Å². The van der Waals surface area contributed by atoms with E-state index in [9.17, 15) is 14.4 Å². The van der Waals surface area contributed by atoms with Crippen LogP contribution in [0.15, 0.2) is 66.7 Å². The molecule has 0 spiro atoms. The number of para-hydroxylation sites is 1. The van der Waals surface area contributed by atoms with E-state index < -0.39 is 5.92 Å². The molecule has 168 valence electrons. The Hall–Kier alpha value is -3.64. The topological polar surface area (TPSA) is 78.5 Å². The fourth-order valence-corrected chi connectivity index (χ4v) is 4.16. The van der Waals surface area contributed by atoms with Gasteiger partial charge in [0.25, 0.3) is 5.91 Å². The average molecular weight is 462 g/mol. The molecule has 6 nitrogen and oxygen atoms in total. The largest absolute Gasteiger partial charge is 0.326 e. The molecule has 0 unspecified atom stereocenters. The normalized spacial score (nSPS) is 15.4. The Balaban J connectivity index is 1.43. The van der Waals surface area contributed by atoms with E-state index in [1.807, 2.05) is 32.0 Å². The number of anilines is 3. The number of aryl methyl sites for hydroxylation is 2. The van der Waals surface area contributed by atoms with Crippen molar-refractivity contribution in [3.63, 3.8) is 0 Å². The molecular formula is C26H24ClN3O3. The number of nitrogens with one attached hydrogen (secondary N) is 2. The molecule has 33 heavy (non-hydrogen) atoms. The predicted octanol–water partition coefficient (Wildman–Crippen LogP) is 5.20. The minimum absolute atomic E-state index is 0.101. The fraction of sp³-hybridized carbons (Fsp3) is 0.192. The Kier molecular flexibility index (Phi) is 6.47. The van der Waals surface area contributed by atoms with E-state index >= 15 is 0 Å². The Morgan fingerprint density at radius 2 is 1.76 bits per heavy atom. The molecule has 1 aliphatic heterocycles. The highest BCUT2D eigenvalue weighted by atomic mass is 35.5. The number of hydrogen-bond donors (Lipinski definition) is 2. The van der Waals surface area contributed by atoms with Gasteiger partial charge in [0.1, 0.15) is 0 Å². The standard InChI is InChI=1S/C26H24ClN3O3/c1-16-10-11-22(17(2)12-16)29-25(32)18-6-5-7-20(13-18)28-26(33)19-14-24(31)30(15-19)23-9-4-3-8-21(23)27/h3-13,19H,14-15H2,1-2H3,(H,28,33)(H,29,32)/t19-/m0/s1. The van der Waals surface area contributed by atoms with Crippen LogP contribution in [0.4, 0.5) is 17.1 Å². The van der Waals surface area contributed by atoms with Gasteiger partial charge in [-0.3, -0.25) is 14.4 Å². The monoisotopic (exact) mass is 461 g/mol. The lowest BCUT2D eigenvalue weighted by Crippen LogP contribution is -2.28. The van der Waals surface area contributed by atoms with Gasteiger partial charge in [-0.25, -0.2) is 0 Å². The van der Waals surface area contributed by atoms with Crippen molar-refractivity contribution < 1.29 is 14.4 Å². The van der Waals surface area contributed by atoms with Crippen LogP contribution in [0.2, 0.25) is 5.02 Å². The zero-order valence-corrected chi connectivity index (χ0v) is 19.1. The number of hydrogen-bond acceptors (Lipinski definition) is 3. The van der Waals surface area contributed by atoms with Crippen molar-refractivity contribution in [1.82, 2.24) is 0 Å². The van der Waals surface area contributed by atoms with Crippen molar-refractivity contribution in [2.24, 2.45) is 5.92 Å². The number of benzene rings is 3. The van der Waals surface area contributed by atoms with Gasteiger partial charge in [0, 0.05) is 29.9 Å². The molecule has 4 rings (SSSR count). The van der Waals surface area contributed by atoms with Crippen molar-refractivity contribution >= 4 is 46.4 Å². The quantitative estimate of drug-likeness (QED) is 0.548. The first-order valence-corrected chi connectivity index (χ1v) is 11.0. The van der Waals surface area contributed by atoms with Crippen LogP contribution in [0.25, 0.3) is 0 Å². The molecular weight excluding hydrogens is 438 g/mol. The Morgan fingerprint density at radius 3 is 2.52 bits per heavy atom. The average Bonchev–Trinajstić information content (AvgIpc) is 3.17. The number of rotatable bonds is 5. The first-order chi connectivity index (χ1) is 15.8. The first kappa shape index (κ1) is 22.6. The minimum Gasteiger partial charge on any atom is -0.326 e. The van der Waals surface area contributed by atoms with E-state index in [0.717, 1.165) is 16.8 Å². The third-order valence-corrected chi connectivity index (χ3v) is 5.98. The molecule has 0 saturated carbocycles. The van der Waals surface area contributed by atoms with Gasteiger partial charge >= 0.3 is 0 Å². The summed E-state index contributed by atoms with van der Waals surface area (Å²) < 4.78 is 0. The summed E-state index contributed by atoms with van der Waals surface area (Å²) in [5, 5.41) is 6.21. The van der Waals surface area contributed by atoms with Gasteiger partial charge in [-0.05, 0) is 55.8 Å². The summed E-state index contributed by atoms with van der Waals surface area (Å²) in [4.78, 5) is 39.6. The number of halogens is 1. The highest BCUT2D eigenvalue weighted by Crippen LogP contribution is 2.31. The van der Waals surface area contributed by atoms with Gasteiger partial charge < -0.3 is 15.5 Å². The van der Waals surface area contributed by atoms with Crippen molar-refractivity contribution in [3.8, 4) is 0 Å². The zero-order chi connectivity index (χ0) is 23.5. The summed E-state index contributed by atoms with van der Waals surface area (Å²) in [7, 11) is 0. The van der Waals surface area contributed by atoms with Gasteiger partial charge in [-0.2, -0.15) is 0 Å². The van der Waals surface area contributed by atoms with Crippen LogP contribution in [0.5, 0.6) is 0 Å². The third-order valence-electron chi connectivity index (χ3n) is 5.66. The molecule has 1 fully saturated rings. The number of amides is 3. The van der Waals surface area contributed by atoms with Crippen LogP contribution in [0, 0.1) is 19.8 Å². The fourth-order valence-electron chi connectivity index (χ4n) is 3.92. The van der Waals surface area contributed by atoms with E-state index in [4.69, 9.17) is 11.6 Å². The van der Waals surface area contributed by atoms with Crippen LogP contribution in [0.1, 0.15) is 27.9 Å². The molecule has 1 heterocycles. The maximum Gasteiger partial charge on any atom is 0.255 e. The second-order valence-corrected chi connectivity index (χ2v) is 8.61. The first-order valence-electron chi connectivity index (χ1n) is 10.7. The number of carbonyl (C=O) groups excluding carboxylic acids is 3. The molecule has 0 aromatic heterocycles. The van der Waals surface area contributed by atoms with Crippen molar-refractivity contribution in [3.05, 3.63) is 88.4 Å². The summed E-state index contributed by atoms with van der Waals surface area (Å²) in [6, 6.07) is 19.6. The van der Waals surface area contributed by atoms with E-state index in [0.29, 0.717) is 22.0 Å². The predicted molar refractivity (Wildman–Crippen MR) is 131 cm³/mol. The smallest absolute Gasteiger partial charge is 0.255 e. The van der Waals surface area contributed by atoms with Crippen LogP contribution in [-0.2, 0) is 9.59 Å². The Labute approximate surface area is 197 Å². The van der Waals surface area contributed by atoms with E-state index in [1.54, 1.807) is 53.4 Å². The van der Waals surface area contributed by atoms with Crippen LogP contribution in [0.3, 0.4) is 0 Å². The van der Waals surface area contributed by atoms with E-state index in [-0.39, 0.29) is 30.7 Å². The number of carbonyl (C=O) groups is 3. The lowest BCUT2D eigenvalue weighted by Gasteiger charge is -2.18. The molecule has 0 aliphatic carbocycles. The zero-order valence-electron chi connectivity index (χ0n) is 18.4. The lowest BCUT2D eigenvalue weighted by atomic mass is 10.1. The van der Waals surface area contributed by atoms with Gasteiger partial charge in [-0.15, -0.1) is 0 Å². The highest BCUT2D eigenvalue weighted by Gasteiger charge is 2.35. The Bertz CT molecular complexity index is 1240. The molecule has 3 aromatic carbocycles. The van der Waals surface area contributed by atoms with Crippen LogP contribution >= 0.6 is 11.6 Å². The minimum atomic E-state index is -0.513. The molecule has 2 N–H and O–H groups in total. The van der Waals surface area contributed by atoms with Gasteiger partial charge in [0.2, 0.25) is 11.8 Å². The van der Waals surface area contributed by atoms with Crippen molar-refractivity contribution in [1.29, 1.82) is 0 Å². The highest BCUT2D eigenvalue weighted by molar-refractivity contribution is 6.34. The summed E-state index contributed by atoms with van der Waals surface area (Å²) in [5.74, 6) is -1.20. The Morgan fingerprint density at radius 1 is 0.970 bits per heavy atom. The summed E-state index contributed by atoms with van der Waals surface area (Å²) in [6.45, 7) is 4.19. The molecule has 3 aromatic rings. The molecule has 1 atom stereocenters. The second kappa shape index (κ2) is 9.46. The van der Waals surface area contributed by atoms with Crippen LogP contribution in [-0.4, -0.2) is 24.3 Å². The van der Waals surface area contributed by atoms with Crippen molar-refractivity contribution in [2.75, 3.05) is 22.1 Å². The summed E-state index contributed by atoms with van der Waals surface area (Å²) in [5.41, 5.74) is 4.36.